The highest BCUT2D eigenvalue weighted by Crippen LogP contribution is 2.52. The van der Waals surface area contributed by atoms with Gasteiger partial charge in [0.05, 0.1) is 0 Å². The molecule has 7 aromatic rings. The molecule has 40 heavy (non-hydrogen) atoms. The van der Waals surface area contributed by atoms with Gasteiger partial charge in [0.15, 0.2) is 0 Å². The molecule has 0 saturated heterocycles. The van der Waals surface area contributed by atoms with Crippen LogP contribution < -0.4 is 0 Å². The molecule has 0 aliphatic heterocycles. The third-order valence-electron chi connectivity index (χ3n) is 9.07. The summed E-state index contributed by atoms with van der Waals surface area (Å²) in [5, 5.41) is 7.95. The van der Waals surface area contributed by atoms with Gasteiger partial charge in [-0.25, -0.2) is 0 Å². The average molecular weight is 511 g/mol. The molecular formula is C40H30. The Kier molecular flexibility index (Phi) is 5.19. The zero-order valence-electron chi connectivity index (χ0n) is 22.9. The molecule has 0 nitrogen and oxygen atoms in total. The SMILES string of the molecule is CCc1ccc2c(-c3ccccc3)c3ccccc3c(-c3cc4c(c5ccccc35)-c3ccccc3C4C)c2c1. The molecule has 0 radical (unpaired) electrons. The molecule has 1 unspecified atom stereocenters. The van der Waals surface area contributed by atoms with E-state index in [2.05, 4.69) is 141 Å². The standard InChI is InChI=1S/C40H30/c1-3-26-21-22-34-36(23-26)40(33-20-12-11-19-32(33)38(34)27-13-5-4-6-14-27)37-24-35-25(2)28-15-7-9-17-30(28)39(35)31-18-10-8-16-29(31)37/h4-25H,3H2,1-2H3. The van der Waals surface area contributed by atoms with Gasteiger partial charge in [0.1, 0.15) is 0 Å². The summed E-state index contributed by atoms with van der Waals surface area (Å²) < 4.78 is 0. The van der Waals surface area contributed by atoms with E-state index in [1.165, 1.54) is 82.4 Å². The summed E-state index contributed by atoms with van der Waals surface area (Å²) in [6.45, 7) is 4.62. The number of fused-ring (bicyclic) bond motifs is 7. The fourth-order valence-electron chi connectivity index (χ4n) is 7.17. The molecule has 0 fully saturated rings. The van der Waals surface area contributed by atoms with Crippen LogP contribution in [0.2, 0.25) is 0 Å². The zero-order valence-corrected chi connectivity index (χ0v) is 22.9. The largest absolute Gasteiger partial charge is 0.0622 e. The summed E-state index contributed by atoms with van der Waals surface area (Å²) in [5.41, 5.74) is 12.3. The Balaban J connectivity index is 1.57. The summed E-state index contributed by atoms with van der Waals surface area (Å²) in [7, 11) is 0. The lowest BCUT2D eigenvalue weighted by Crippen LogP contribution is -1.95. The Morgan fingerprint density at radius 2 is 1.05 bits per heavy atom. The molecule has 0 saturated carbocycles. The van der Waals surface area contributed by atoms with Gasteiger partial charge in [-0.2, -0.15) is 0 Å². The van der Waals surface area contributed by atoms with Gasteiger partial charge in [-0.3, -0.25) is 0 Å². The van der Waals surface area contributed by atoms with E-state index in [0.717, 1.165) is 6.42 Å². The first-order chi connectivity index (χ1) is 19.7. The second kappa shape index (κ2) is 8.93. The number of rotatable bonds is 3. The quantitative estimate of drug-likeness (QED) is 0.207. The van der Waals surface area contributed by atoms with Crippen LogP contribution in [0.4, 0.5) is 0 Å². The Hall–Kier alpha value is -4.68. The van der Waals surface area contributed by atoms with Gasteiger partial charge in [-0.15, -0.1) is 0 Å². The van der Waals surface area contributed by atoms with Crippen LogP contribution in [0.3, 0.4) is 0 Å². The molecule has 0 heterocycles. The van der Waals surface area contributed by atoms with Gasteiger partial charge in [-0.05, 0) is 94.9 Å². The van der Waals surface area contributed by atoms with E-state index >= 15 is 0 Å². The van der Waals surface area contributed by atoms with E-state index < -0.39 is 0 Å². The lowest BCUT2D eigenvalue weighted by atomic mass is 9.82. The molecule has 0 spiro atoms. The van der Waals surface area contributed by atoms with Gasteiger partial charge in [0.2, 0.25) is 0 Å². The topological polar surface area (TPSA) is 0 Å². The van der Waals surface area contributed by atoms with Crippen molar-refractivity contribution in [3.63, 3.8) is 0 Å². The molecule has 7 aromatic carbocycles. The third kappa shape index (κ3) is 3.26. The van der Waals surface area contributed by atoms with Crippen molar-refractivity contribution < 1.29 is 0 Å². The second-order valence-corrected chi connectivity index (χ2v) is 11.1. The lowest BCUT2D eigenvalue weighted by Gasteiger charge is -2.21. The predicted molar refractivity (Wildman–Crippen MR) is 172 cm³/mol. The Morgan fingerprint density at radius 3 is 1.80 bits per heavy atom. The van der Waals surface area contributed by atoms with E-state index in [4.69, 9.17) is 0 Å². The van der Waals surface area contributed by atoms with Crippen LogP contribution in [-0.4, -0.2) is 0 Å². The molecule has 1 atom stereocenters. The highest BCUT2D eigenvalue weighted by atomic mass is 14.3. The minimum Gasteiger partial charge on any atom is -0.0622 e. The van der Waals surface area contributed by atoms with Crippen LogP contribution in [0.1, 0.15) is 36.5 Å². The van der Waals surface area contributed by atoms with Crippen molar-refractivity contribution in [1.29, 1.82) is 0 Å². The molecule has 0 amide bonds. The second-order valence-electron chi connectivity index (χ2n) is 11.1. The molecule has 0 heteroatoms. The summed E-state index contributed by atoms with van der Waals surface area (Å²) >= 11 is 0. The summed E-state index contributed by atoms with van der Waals surface area (Å²) in [5.74, 6) is 0.363. The molecule has 1 aliphatic carbocycles. The maximum Gasteiger partial charge on any atom is 0.00737 e. The molecule has 8 rings (SSSR count). The maximum absolute atomic E-state index is 2.52. The van der Waals surface area contributed by atoms with Gasteiger partial charge in [0, 0.05) is 5.92 Å². The minimum atomic E-state index is 0.363. The predicted octanol–water partition coefficient (Wildman–Crippen LogP) is 11.2. The summed E-state index contributed by atoms with van der Waals surface area (Å²) in [6.07, 6.45) is 1.01. The van der Waals surface area contributed by atoms with Gasteiger partial charge in [-0.1, -0.05) is 135 Å². The van der Waals surface area contributed by atoms with Gasteiger partial charge >= 0.3 is 0 Å². The maximum atomic E-state index is 2.52. The van der Waals surface area contributed by atoms with E-state index in [0.29, 0.717) is 5.92 Å². The number of hydrogen-bond acceptors (Lipinski definition) is 0. The van der Waals surface area contributed by atoms with Crippen LogP contribution in [0, 0.1) is 0 Å². The Bertz CT molecular complexity index is 2100. The number of aryl methyl sites for hydroxylation is 1. The van der Waals surface area contributed by atoms with Crippen LogP contribution in [0.15, 0.2) is 127 Å². The highest BCUT2D eigenvalue weighted by Gasteiger charge is 2.29. The Morgan fingerprint density at radius 1 is 0.450 bits per heavy atom. The summed E-state index contributed by atoms with van der Waals surface area (Å²) in [6, 6.07) is 47.6. The van der Waals surface area contributed by atoms with Crippen molar-refractivity contribution in [1.82, 2.24) is 0 Å². The van der Waals surface area contributed by atoms with Crippen molar-refractivity contribution >= 4 is 32.3 Å². The van der Waals surface area contributed by atoms with Crippen LogP contribution in [-0.2, 0) is 6.42 Å². The van der Waals surface area contributed by atoms with Crippen molar-refractivity contribution in [2.45, 2.75) is 26.2 Å². The third-order valence-corrected chi connectivity index (χ3v) is 9.07. The van der Waals surface area contributed by atoms with E-state index in [1.807, 2.05) is 0 Å². The first kappa shape index (κ1) is 23.2. The Labute approximate surface area is 235 Å². The molecule has 0 aromatic heterocycles. The number of hydrogen-bond donors (Lipinski definition) is 0. The fourth-order valence-corrected chi connectivity index (χ4v) is 7.17. The molecule has 190 valence electrons. The van der Waals surface area contributed by atoms with Crippen molar-refractivity contribution in [3.8, 4) is 33.4 Å². The van der Waals surface area contributed by atoms with Crippen molar-refractivity contribution in [2.75, 3.05) is 0 Å². The monoisotopic (exact) mass is 510 g/mol. The smallest absolute Gasteiger partial charge is 0.00737 e. The summed E-state index contributed by atoms with van der Waals surface area (Å²) in [4.78, 5) is 0. The van der Waals surface area contributed by atoms with E-state index in [1.54, 1.807) is 0 Å². The first-order valence-corrected chi connectivity index (χ1v) is 14.4. The zero-order chi connectivity index (χ0) is 26.8. The minimum absolute atomic E-state index is 0.363. The van der Waals surface area contributed by atoms with E-state index in [-0.39, 0.29) is 0 Å². The van der Waals surface area contributed by atoms with Crippen LogP contribution in [0.25, 0.3) is 65.7 Å². The van der Waals surface area contributed by atoms with E-state index in [9.17, 15) is 0 Å². The van der Waals surface area contributed by atoms with Crippen LogP contribution >= 0.6 is 0 Å². The molecular weight excluding hydrogens is 480 g/mol. The highest BCUT2D eigenvalue weighted by molar-refractivity contribution is 6.24. The first-order valence-electron chi connectivity index (χ1n) is 14.4. The average Bonchev–Trinajstić information content (AvgIpc) is 3.31. The fraction of sp³-hybridized carbons (Fsp3) is 0.100. The van der Waals surface area contributed by atoms with Crippen molar-refractivity contribution in [3.05, 3.63) is 144 Å². The van der Waals surface area contributed by atoms with Crippen molar-refractivity contribution in [2.24, 2.45) is 0 Å². The molecule has 1 aliphatic rings. The van der Waals surface area contributed by atoms with Crippen LogP contribution in [0.5, 0.6) is 0 Å². The normalized spacial score (nSPS) is 14.1. The number of benzene rings is 7. The van der Waals surface area contributed by atoms with Gasteiger partial charge < -0.3 is 0 Å². The molecule has 0 N–H and O–H groups in total. The van der Waals surface area contributed by atoms with Gasteiger partial charge in [0.25, 0.3) is 0 Å². The lowest BCUT2D eigenvalue weighted by molar-refractivity contribution is 0.958. The molecule has 0 bridgehead atoms.